The van der Waals surface area contributed by atoms with E-state index in [-0.39, 0.29) is 12.5 Å². The second kappa shape index (κ2) is 6.07. The van der Waals surface area contributed by atoms with E-state index < -0.39 is 0 Å². The average molecular weight is 315 g/mol. The number of nitrogens with one attached hydrogen (secondary N) is 1. The fraction of sp³-hybridized carbons (Fsp3) is 0.273. The summed E-state index contributed by atoms with van der Waals surface area (Å²) in [5.41, 5.74) is 0. The van der Waals surface area contributed by atoms with Crippen molar-refractivity contribution in [1.82, 2.24) is 5.32 Å². The molecule has 1 aromatic carbocycles. The molecule has 1 N–H and O–H groups in total. The first-order valence-electron chi connectivity index (χ1n) is 5.09. The maximum Gasteiger partial charge on any atom is 0.263 e. The number of hydrogen-bond acceptors (Lipinski definition) is 4. The molecule has 4 nitrogen and oxygen atoms in total. The summed E-state index contributed by atoms with van der Waals surface area (Å²) in [7, 11) is 0. The minimum absolute atomic E-state index is 0.00120. The number of nitrogens with zero attached hydrogens (tertiary/aromatic N) is 1. The second-order valence-electron chi connectivity index (χ2n) is 3.33. The van der Waals surface area contributed by atoms with E-state index >= 15 is 0 Å². The van der Waals surface area contributed by atoms with Gasteiger partial charge in [0.05, 0.1) is 6.54 Å². The van der Waals surface area contributed by atoms with Gasteiger partial charge in [-0.3, -0.25) is 9.79 Å². The topological polar surface area (TPSA) is 50.7 Å². The van der Waals surface area contributed by atoms with E-state index in [4.69, 9.17) is 4.74 Å². The van der Waals surface area contributed by atoms with Gasteiger partial charge in [0.2, 0.25) is 0 Å². The molecule has 0 aliphatic carbocycles. The maximum absolute atomic E-state index is 11.5. The van der Waals surface area contributed by atoms with E-state index in [1.165, 1.54) is 0 Å². The van der Waals surface area contributed by atoms with Gasteiger partial charge in [0.25, 0.3) is 5.91 Å². The van der Waals surface area contributed by atoms with E-state index in [1.54, 1.807) is 23.9 Å². The summed E-state index contributed by atoms with van der Waals surface area (Å²) in [5, 5.41) is 3.39. The molecule has 1 heterocycles. The zero-order valence-corrected chi connectivity index (χ0v) is 11.4. The van der Waals surface area contributed by atoms with Gasteiger partial charge in [0, 0.05) is 10.2 Å². The van der Waals surface area contributed by atoms with E-state index in [0.29, 0.717) is 10.9 Å². The van der Waals surface area contributed by atoms with E-state index in [1.807, 2.05) is 12.1 Å². The SMILES string of the molecule is O=C(COc1ccc(Br)cc1)NC1=NCCS1. The van der Waals surface area contributed by atoms with E-state index in [2.05, 4.69) is 26.2 Å². The van der Waals surface area contributed by atoms with Crippen LogP contribution in [0.2, 0.25) is 0 Å². The molecule has 0 saturated heterocycles. The van der Waals surface area contributed by atoms with E-state index in [9.17, 15) is 4.79 Å². The van der Waals surface area contributed by atoms with Crippen LogP contribution >= 0.6 is 27.7 Å². The number of carbonyl (C=O) groups is 1. The van der Waals surface area contributed by atoms with Crippen molar-refractivity contribution in [3.05, 3.63) is 28.7 Å². The molecule has 1 amide bonds. The molecule has 90 valence electrons. The molecule has 0 fully saturated rings. The van der Waals surface area contributed by atoms with Crippen molar-refractivity contribution in [3.63, 3.8) is 0 Å². The van der Waals surface area contributed by atoms with Crippen LogP contribution in [0.3, 0.4) is 0 Å². The quantitative estimate of drug-likeness (QED) is 0.929. The Labute approximate surface area is 112 Å². The van der Waals surface area contributed by atoms with Crippen molar-refractivity contribution in [1.29, 1.82) is 0 Å². The molecule has 17 heavy (non-hydrogen) atoms. The number of hydrogen-bond donors (Lipinski definition) is 1. The van der Waals surface area contributed by atoms with Crippen molar-refractivity contribution in [2.45, 2.75) is 0 Å². The molecule has 1 aliphatic heterocycles. The summed E-state index contributed by atoms with van der Waals surface area (Å²) in [6.45, 7) is 0.773. The molecule has 0 spiro atoms. The van der Waals surface area contributed by atoms with Crippen molar-refractivity contribution >= 4 is 38.8 Å². The number of rotatable bonds is 3. The van der Waals surface area contributed by atoms with Gasteiger partial charge in [0.1, 0.15) is 5.75 Å². The minimum atomic E-state index is -0.180. The summed E-state index contributed by atoms with van der Waals surface area (Å²) < 4.78 is 6.31. The number of carbonyl (C=O) groups excluding carboxylic acids is 1. The molecule has 0 radical (unpaired) electrons. The Morgan fingerprint density at radius 2 is 2.24 bits per heavy atom. The molecule has 2 rings (SSSR count). The number of aliphatic imine (C=N–C) groups is 1. The maximum atomic E-state index is 11.5. The highest BCUT2D eigenvalue weighted by molar-refractivity contribution is 9.10. The summed E-state index contributed by atoms with van der Waals surface area (Å²) in [5.74, 6) is 1.42. The predicted molar refractivity (Wildman–Crippen MR) is 72.5 cm³/mol. The zero-order valence-electron chi connectivity index (χ0n) is 8.98. The molecule has 1 aromatic rings. The number of thioether (sulfide) groups is 1. The largest absolute Gasteiger partial charge is 0.484 e. The standard InChI is InChI=1S/C11H11BrN2O2S/c12-8-1-3-9(4-2-8)16-7-10(15)14-11-13-5-6-17-11/h1-4H,5-7H2,(H,13,14,15). The third-order valence-electron chi connectivity index (χ3n) is 2.02. The lowest BCUT2D eigenvalue weighted by atomic mass is 10.3. The van der Waals surface area contributed by atoms with E-state index in [0.717, 1.165) is 16.8 Å². The van der Waals surface area contributed by atoms with Gasteiger partial charge in [-0.2, -0.15) is 0 Å². The fourth-order valence-corrected chi connectivity index (χ4v) is 2.25. The van der Waals surface area contributed by atoms with Gasteiger partial charge < -0.3 is 10.1 Å². The van der Waals surface area contributed by atoms with Crippen molar-refractivity contribution in [2.24, 2.45) is 4.99 Å². The Bertz CT molecular complexity index is 434. The number of benzene rings is 1. The van der Waals surface area contributed by atoms with Gasteiger partial charge in [-0.05, 0) is 24.3 Å². The molecule has 0 unspecified atom stereocenters. The summed E-state index contributed by atoms with van der Waals surface area (Å²) in [6.07, 6.45) is 0. The van der Waals surface area contributed by atoms with Gasteiger partial charge in [-0.25, -0.2) is 0 Å². The Morgan fingerprint density at radius 1 is 1.47 bits per heavy atom. The second-order valence-corrected chi connectivity index (χ2v) is 5.33. The molecule has 0 atom stereocenters. The zero-order chi connectivity index (χ0) is 12.1. The van der Waals surface area contributed by atoms with Crippen LogP contribution < -0.4 is 10.1 Å². The normalized spacial score (nSPS) is 14.3. The van der Waals surface area contributed by atoms with Crippen molar-refractivity contribution in [2.75, 3.05) is 18.9 Å². The highest BCUT2D eigenvalue weighted by Crippen LogP contribution is 2.16. The summed E-state index contributed by atoms with van der Waals surface area (Å²) >= 11 is 4.88. The van der Waals surface area contributed by atoms with Gasteiger partial charge in [0.15, 0.2) is 11.8 Å². The van der Waals surface area contributed by atoms with Crippen LogP contribution in [-0.2, 0) is 4.79 Å². The first-order valence-corrected chi connectivity index (χ1v) is 6.87. The lowest BCUT2D eigenvalue weighted by Gasteiger charge is -2.06. The molecule has 0 saturated carbocycles. The highest BCUT2D eigenvalue weighted by Gasteiger charge is 2.10. The van der Waals surface area contributed by atoms with Crippen LogP contribution in [0.15, 0.2) is 33.7 Å². The predicted octanol–water partition coefficient (Wildman–Crippen LogP) is 2.05. The first-order chi connectivity index (χ1) is 8.24. The summed E-state index contributed by atoms with van der Waals surface area (Å²) in [6, 6.07) is 7.34. The third kappa shape index (κ3) is 4.05. The number of ether oxygens (including phenoxy) is 1. The molecule has 0 aromatic heterocycles. The average Bonchev–Trinajstić information content (AvgIpc) is 2.81. The molecular formula is C11H11BrN2O2S. The first kappa shape index (κ1) is 12.4. The Kier molecular flexibility index (Phi) is 4.44. The van der Waals surface area contributed by atoms with Crippen molar-refractivity contribution in [3.8, 4) is 5.75 Å². The molecule has 0 bridgehead atoms. The monoisotopic (exact) mass is 314 g/mol. The number of halogens is 1. The Hall–Kier alpha value is -1.01. The van der Waals surface area contributed by atoms with Crippen LogP contribution in [-0.4, -0.2) is 30.0 Å². The molecular weight excluding hydrogens is 304 g/mol. The fourth-order valence-electron chi connectivity index (χ4n) is 1.25. The van der Waals surface area contributed by atoms with Crippen LogP contribution in [0, 0.1) is 0 Å². The Balaban J connectivity index is 1.77. The number of amides is 1. The van der Waals surface area contributed by atoms with Crippen LogP contribution in [0.25, 0.3) is 0 Å². The highest BCUT2D eigenvalue weighted by atomic mass is 79.9. The lowest BCUT2D eigenvalue weighted by Crippen LogP contribution is -2.31. The van der Waals surface area contributed by atoms with Crippen LogP contribution in [0.5, 0.6) is 5.75 Å². The van der Waals surface area contributed by atoms with Gasteiger partial charge in [-0.15, -0.1) is 0 Å². The Morgan fingerprint density at radius 3 is 2.88 bits per heavy atom. The van der Waals surface area contributed by atoms with Crippen molar-refractivity contribution < 1.29 is 9.53 Å². The smallest absolute Gasteiger partial charge is 0.263 e. The third-order valence-corrected chi connectivity index (χ3v) is 3.44. The molecule has 1 aliphatic rings. The van der Waals surface area contributed by atoms with Gasteiger partial charge in [-0.1, -0.05) is 27.7 Å². The van der Waals surface area contributed by atoms with Crippen LogP contribution in [0.1, 0.15) is 0 Å². The minimum Gasteiger partial charge on any atom is -0.484 e. The lowest BCUT2D eigenvalue weighted by molar-refractivity contribution is -0.121. The number of amidine groups is 1. The van der Waals surface area contributed by atoms with Crippen LogP contribution in [0.4, 0.5) is 0 Å². The summed E-state index contributed by atoms with van der Waals surface area (Å²) in [4.78, 5) is 15.6. The molecule has 6 heteroatoms. The van der Waals surface area contributed by atoms with Gasteiger partial charge >= 0.3 is 0 Å².